The molecule has 1 N–H and O–H groups in total. The predicted octanol–water partition coefficient (Wildman–Crippen LogP) is 5.46. The van der Waals surface area contributed by atoms with Crippen molar-refractivity contribution in [3.05, 3.63) is 69.5 Å². The molecular weight excluding hydrogens is 416 g/mol. The van der Waals surface area contributed by atoms with E-state index in [1.54, 1.807) is 36.4 Å². The molecule has 3 rings (SSSR count). The first-order valence-corrected chi connectivity index (χ1v) is 10.0. The molecule has 0 saturated heterocycles. The average Bonchev–Trinajstić information content (AvgIpc) is 3.04. The van der Waals surface area contributed by atoms with Gasteiger partial charge in [-0.05, 0) is 29.3 Å². The zero-order chi connectivity index (χ0) is 18.5. The second-order valence-electron chi connectivity index (χ2n) is 5.21. The summed E-state index contributed by atoms with van der Waals surface area (Å²) in [5.41, 5.74) is 1.27. The van der Waals surface area contributed by atoms with E-state index in [1.165, 1.54) is 29.2 Å². The fraction of sp³-hybridized carbons (Fsp3) is 0.118. The predicted molar refractivity (Wildman–Crippen MR) is 105 cm³/mol. The van der Waals surface area contributed by atoms with E-state index in [0.717, 1.165) is 0 Å². The van der Waals surface area contributed by atoms with Crippen LogP contribution >= 0.6 is 46.3 Å². The molecule has 0 aliphatic heterocycles. The minimum Gasteiger partial charge on any atom is -0.300 e. The Balaban J connectivity index is 1.56. The first-order chi connectivity index (χ1) is 12.5. The number of anilines is 1. The van der Waals surface area contributed by atoms with E-state index in [0.29, 0.717) is 36.4 Å². The Hall–Kier alpha value is -1.67. The topological polar surface area (TPSA) is 54.9 Å². The molecule has 0 fully saturated rings. The number of aromatic nitrogens is 2. The smallest absolute Gasteiger partial charge is 0.230 e. The molecule has 0 spiro atoms. The maximum absolute atomic E-state index is 13.6. The summed E-state index contributed by atoms with van der Waals surface area (Å²) in [5.74, 6) is -0.0655. The Bertz CT molecular complexity index is 936. The number of carbonyl (C=O) groups excluding carboxylic acids is 1. The maximum atomic E-state index is 13.6. The fourth-order valence-corrected chi connectivity index (χ4v) is 4.30. The highest BCUT2D eigenvalue weighted by Gasteiger charge is 2.12. The van der Waals surface area contributed by atoms with E-state index in [-0.39, 0.29) is 18.1 Å². The number of rotatable bonds is 6. The molecule has 134 valence electrons. The third-order valence-electron chi connectivity index (χ3n) is 3.33. The Morgan fingerprint density at radius 3 is 2.73 bits per heavy atom. The van der Waals surface area contributed by atoms with Gasteiger partial charge in [-0.2, -0.15) is 0 Å². The lowest BCUT2D eigenvalue weighted by molar-refractivity contribution is -0.115. The van der Waals surface area contributed by atoms with Crippen LogP contribution in [-0.4, -0.2) is 16.1 Å². The van der Waals surface area contributed by atoms with Crippen LogP contribution in [0.4, 0.5) is 9.52 Å². The summed E-state index contributed by atoms with van der Waals surface area (Å²) in [5, 5.41) is 12.0. The summed E-state index contributed by atoms with van der Waals surface area (Å²) in [7, 11) is 0. The molecule has 4 nitrogen and oxygen atoms in total. The van der Waals surface area contributed by atoms with E-state index < -0.39 is 0 Å². The highest BCUT2D eigenvalue weighted by Crippen LogP contribution is 2.29. The number of amides is 1. The summed E-state index contributed by atoms with van der Waals surface area (Å²) in [4.78, 5) is 12.1. The Labute approximate surface area is 167 Å². The minimum absolute atomic E-state index is 0.104. The molecule has 0 radical (unpaired) electrons. The van der Waals surface area contributed by atoms with Crippen LogP contribution in [0.15, 0.2) is 46.8 Å². The zero-order valence-electron chi connectivity index (χ0n) is 13.2. The van der Waals surface area contributed by atoms with Crippen molar-refractivity contribution in [1.29, 1.82) is 0 Å². The highest BCUT2D eigenvalue weighted by atomic mass is 35.5. The van der Waals surface area contributed by atoms with E-state index in [4.69, 9.17) is 23.2 Å². The summed E-state index contributed by atoms with van der Waals surface area (Å²) < 4.78 is 14.3. The van der Waals surface area contributed by atoms with Crippen LogP contribution in [-0.2, 0) is 17.0 Å². The number of halogens is 3. The van der Waals surface area contributed by atoms with Crippen LogP contribution in [0.1, 0.15) is 11.1 Å². The Morgan fingerprint density at radius 2 is 1.96 bits per heavy atom. The zero-order valence-corrected chi connectivity index (χ0v) is 16.4. The largest absolute Gasteiger partial charge is 0.300 e. The molecule has 0 aliphatic rings. The number of nitrogens with zero attached hydrogens (tertiary/aromatic N) is 2. The van der Waals surface area contributed by atoms with E-state index in [9.17, 15) is 9.18 Å². The minimum atomic E-state index is -0.254. The van der Waals surface area contributed by atoms with Crippen molar-refractivity contribution in [3.63, 3.8) is 0 Å². The van der Waals surface area contributed by atoms with Gasteiger partial charge in [0.15, 0.2) is 4.34 Å². The molecule has 3 aromatic rings. The molecule has 9 heteroatoms. The van der Waals surface area contributed by atoms with E-state index >= 15 is 0 Å². The van der Waals surface area contributed by atoms with Gasteiger partial charge in [0.1, 0.15) is 5.82 Å². The van der Waals surface area contributed by atoms with Gasteiger partial charge in [-0.15, -0.1) is 10.2 Å². The van der Waals surface area contributed by atoms with Crippen molar-refractivity contribution >= 4 is 57.3 Å². The lowest BCUT2D eigenvalue weighted by atomic mass is 10.1. The lowest BCUT2D eigenvalue weighted by Crippen LogP contribution is -2.14. The summed E-state index contributed by atoms with van der Waals surface area (Å²) in [6.45, 7) is 0. The Morgan fingerprint density at radius 1 is 1.15 bits per heavy atom. The van der Waals surface area contributed by atoms with Gasteiger partial charge >= 0.3 is 0 Å². The quantitative estimate of drug-likeness (QED) is 0.419. The van der Waals surface area contributed by atoms with Gasteiger partial charge in [0.2, 0.25) is 11.0 Å². The van der Waals surface area contributed by atoms with Gasteiger partial charge in [-0.25, -0.2) is 4.39 Å². The number of thioether (sulfide) groups is 1. The van der Waals surface area contributed by atoms with Gasteiger partial charge in [0.25, 0.3) is 0 Å². The van der Waals surface area contributed by atoms with Crippen LogP contribution < -0.4 is 5.32 Å². The number of carbonyl (C=O) groups is 1. The van der Waals surface area contributed by atoms with Crippen molar-refractivity contribution < 1.29 is 9.18 Å². The molecule has 0 atom stereocenters. The monoisotopic (exact) mass is 427 g/mol. The van der Waals surface area contributed by atoms with Crippen molar-refractivity contribution in [2.75, 3.05) is 5.32 Å². The highest BCUT2D eigenvalue weighted by molar-refractivity contribution is 8.00. The SMILES string of the molecule is O=C(Cc1ccc(Cl)cc1Cl)Nc1nnc(SCc2ccccc2F)s1. The molecule has 1 amide bonds. The number of nitrogens with one attached hydrogen (secondary N) is 1. The number of hydrogen-bond acceptors (Lipinski definition) is 5. The first-order valence-electron chi connectivity index (χ1n) is 7.45. The van der Waals surface area contributed by atoms with Crippen LogP contribution in [0.2, 0.25) is 10.0 Å². The molecule has 0 aliphatic carbocycles. The van der Waals surface area contributed by atoms with Gasteiger partial charge in [0.05, 0.1) is 6.42 Å². The molecule has 1 heterocycles. The van der Waals surface area contributed by atoms with E-state index in [1.807, 2.05) is 0 Å². The van der Waals surface area contributed by atoms with Crippen LogP contribution in [0.25, 0.3) is 0 Å². The summed E-state index contributed by atoms with van der Waals surface area (Å²) in [6, 6.07) is 11.6. The molecule has 0 saturated carbocycles. The third kappa shape index (κ3) is 5.17. The summed E-state index contributed by atoms with van der Waals surface area (Å²) >= 11 is 14.5. The number of hydrogen-bond donors (Lipinski definition) is 1. The third-order valence-corrected chi connectivity index (χ3v) is 5.94. The molecule has 0 bridgehead atoms. The maximum Gasteiger partial charge on any atom is 0.230 e. The van der Waals surface area contributed by atoms with Gasteiger partial charge in [-0.3, -0.25) is 4.79 Å². The molecular formula is C17H12Cl2FN3OS2. The molecule has 26 heavy (non-hydrogen) atoms. The summed E-state index contributed by atoms with van der Waals surface area (Å²) in [6.07, 6.45) is 0.104. The van der Waals surface area contributed by atoms with Gasteiger partial charge in [0, 0.05) is 15.8 Å². The molecule has 2 aromatic carbocycles. The van der Waals surface area contributed by atoms with Crippen molar-refractivity contribution in [2.45, 2.75) is 16.5 Å². The second kappa shape index (κ2) is 8.81. The van der Waals surface area contributed by atoms with Gasteiger partial charge in [-0.1, -0.05) is 70.6 Å². The van der Waals surface area contributed by atoms with Crippen LogP contribution in [0.3, 0.4) is 0 Å². The first kappa shape index (κ1) is 19.1. The average molecular weight is 428 g/mol. The molecule has 1 aromatic heterocycles. The Kier molecular flexibility index (Phi) is 6.48. The van der Waals surface area contributed by atoms with Crippen LogP contribution in [0.5, 0.6) is 0 Å². The lowest BCUT2D eigenvalue weighted by Gasteiger charge is -2.04. The molecule has 0 unspecified atom stereocenters. The number of benzene rings is 2. The second-order valence-corrected chi connectivity index (χ2v) is 8.26. The fourth-order valence-electron chi connectivity index (χ4n) is 2.08. The van der Waals surface area contributed by atoms with Crippen LogP contribution in [0, 0.1) is 5.82 Å². The van der Waals surface area contributed by atoms with Gasteiger partial charge < -0.3 is 5.32 Å². The van der Waals surface area contributed by atoms with Crippen molar-refractivity contribution in [2.24, 2.45) is 0 Å². The standard InChI is InChI=1S/C17H12Cl2FN3OS2/c18-12-6-5-10(13(19)8-12)7-15(24)21-16-22-23-17(26-16)25-9-11-3-1-2-4-14(11)20/h1-6,8H,7,9H2,(H,21,22,24). The van der Waals surface area contributed by atoms with Crippen molar-refractivity contribution in [1.82, 2.24) is 10.2 Å². The van der Waals surface area contributed by atoms with E-state index in [2.05, 4.69) is 15.5 Å². The van der Waals surface area contributed by atoms with Crippen molar-refractivity contribution in [3.8, 4) is 0 Å². The normalized spacial score (nSPS) is 10.7.